The summed E-state index contributed by atoms with van der Waals surface area (Å²) in [6.07, 6.45) is -0.665. The average molecular weight is 278 g/mol. The van der Waals surface area contributed by atoms with Crippen LogP contribution in [0.3, 0.4) is 0 Å². The maximum atomic E-state index is 12.1. The molecule has 2 N–H and O–H groups in total. The molecule has 1 amide bonds. The van der Waals surface area contributed by atoms with Gasteiger partial charge in [0.1, 0.15) is 11.3 Å². The van der Waals surface area contributed by atoms with Crippen LogP contribution in [0.25, 0.3) is 0 Å². The second-order valence-electron chi connectivity index (χ2n) is 5.54. The summed E-state index contributed by atoms with van der Waals surface area (Å²) < 4.78 is 5.35. The Kier molecular flexibility index (Phi) is 3.90. The van der Waals surface area contributed by atoms with E-state index in [2.05, 4.69) is 5.32 Å². The van der Waals surface area contributed by atoms with Crippen LogP contribution in [0.5, 0.6) is 5.75 Å². The predicted molar refractivity (Wildman–Crippen MR) is 78.1 cm³/mol. The Balaban J connectivity index is 2.54. The van der Waals surface area contributed by atoms with Gasteiger partial charge in [-0.2, -0.15) is 0 Å². The van der Waals surface area contributed by atoms with E-state index in [1.54, 1.807) is 14.0 Å². The molecule has 2 rings (SSSR count). The molecule has 0 aromatic heterocycles. The minimum atomic E-state index is -0.665. The van der Waals surface area contributed by atoms with E-state index in [1.165, 1.54) is 0 Å². The van der Waals surface area contributed by atoms with Crippen molar-refractivity contribution in [2.45, 2.75) is 32.4 Å². The Morgan fingerprint density at radius 1 is 1.45 bits per heavy atom. The molecule has 5 nitrogen and oxygen atoms in total. The number of anilines is 1. The summed E-state index contributed by atoms with van der Waals surface area (Å²) in [5.74, 6) is 0.627. The van der Waals surface area contributed by atoms with Crippen molar-refractivity contribution in [3.8, 4) is 5.75 Å². The minimum Gasteiger partial charge on any atom is -0.496 e. The van der Waals surface area contributed by atoms with Gasteiger partial charge < -0.3 is 20.1 Å². The number of hydrogen-bond acceptors (Lipinski definition) is 4. The van der Waals surface area contributed by atoms with Crippen molar-refractivity contribution in [2.75, 3.05) is 25.1 Å². The zero-order valence-corrected chi connectivity index (χ0v) is 12.4. The molecule has 0 radical (unpaired) electrons. The van der Waals surface area contributed by atoms with Crippen molar-refractivity contribution >= 4 is 11.6 Å². The Labute approximate surface area is 119 Å². The van der Waals surface area contributed by atoms with E-state index in [0.717, 1.165) is 11.3 Å². The molecular formula is C15H22N2O3. The van der Waals surface area contributed by atoms with E-state index in [-0.39, 0.29) is 5.91 Å². The van der Waals surface area contributed by atoms with Crippen LogP contribution in [0, 0.1) is 0 Å². The highest BCUT2D eigenvalue weighted by Crippen LogP contribution is 2.37. The van der Waals surface area contributed by atoms with Crippen LogP contribution in [-0.2, 0) is 4.79 Å². The molecule has 0 spiro atoms. The summed E-state index contributed by atoms with van der Waals surface area (Å²) in [6, 6.07) is 5.62. The van der Waals surface area contributed by atoms with Crippen LogP contribution in [0.4, 0.5) is 5.69 Å². The van der Waals surface area contributed by atoms with Crippen LogP contribution < -0.4 is 15.0 Å². The van der Waals surface area contributed by atoms with Crippen molar-refractivity contribution in [1.29, 1.82) is 0 Å². The first-order chi connectivity index (χ1) is 9.39. The van der Waals surface area contributed by atoms with Gasteiger partial charge in [-0.15, -0.1) is 0 Å². The first-order valence-corrected chi connectivity index (χ1v) is 6.80. The SMILES string of the molecule is COc1cccc(N2CCNC(=O)C2(C)C)c1[C@H](C)O. The van der Waals surface area contributed by atoms with Gasteiger partial charge >= 0.3 is 0 Å². The summed E-state index contributed by atoms with van der Waals surface area (Å²) in [6.45, 7) is 6.77. The van der Waals surface area contributed by atoms with Crippen LogP contribution in [0.2, 0.25) is 0 Å². The molecule has 1 aliphatic heterocycles. The highest BCUT2D eigenvalue weighted by atomic mass is 16.5. The van der Waals surface area contributed by atoms with E-state index < -0.39 is 11.6 Å². The van der Waals surface area contributed by atoms with Gasteiger partial charge in [-0.05, 0) is 32.9 Å². The number of aliphatic hydroxyl groups excluding tert-OH is 1. The van der Waals surface area contributed by atoms with E-state index in [1.807, 2.05) is 36.9 Å². The molecule has 1 atom stereocenters. The second-order valence-corrected chi connectivity index (χ2v) is 5.54. The summed E-state index contributed by atoms with van der Waals surface area (Å²) in [5.41, 5.74) is 0.908. The van der Waals surface area contributed by atoms with Crippen molar-refractivity contribution < 1.29 is 14.6 Å². The highest BCUT2D eigenvalue weighted by molar-refractivity contribution is 5.90. The molecule has 110 valence electrons. The van der Waals surface area contributed by atoms with Gasteiger partial charge in [0.05, 0.1) is 13.2 Å². The van der Waals surface area contributed by atoms with Gasteiger partial charge in [-0.3, -0.25) is 4.79 Å². The van der Waals surface area contributed by atoms with E-state index in [4.69, 9.17) is 4.74 Å². The molecule has 1 fully saturated rings. The monoisotopic (exact) mass is 278 g/mol. The van der Waals surface area contributed by atoms with Crippen LogP contribution in [-0.4, -0.2) is 36.8 Å². The molecule has 1 aliphatic rings. The molecule has 0 saturated carbocycles. The molecule has 5 heteroatoms. The molecule has 1 heterocycles. The molecular weight excluding hydrogens is 256 g/mol. The van der Waals surface area contributed by atoms with E-state index >= 15 is 0 Å². The summed E-state index contributed by atoms with van der Waals surface area (Å²) in [5, 5.41) is 13.0. The number of amides is 1. The maximum Gasteiger partial charge on any atom is 0.245 e. The lowest BCUT2D eigenvalue weighted by Crippen LogP contribution is -2.62. The molecule has 20 heavy (non-hydrogen) atoms. The number of carbonyl (C=O) groups is 1. The van der Waals surface area contributed by atoms with Gasteiger partial charge in [0.15, 0.2) is 0 Å². The lowest BCUT2D eigenvalue weighted by Gasteiger charge is -2.44. The predicted octanol–water partition coefficient (Wildman–Crippen LogP) is 1.46. The third-order valence-electron chi connectivity index (χ3n) is 3.82. The summed E-state index contributed by atoms with van der Waals surface area (Å²) in [7, 11) is 1.58. The van der Waals surface area contributed by atoms with Crippen molar-refractivity contribution in [3.63, 3.8) is 0 Å². The fraction of sp³-hybridized carbons (Fsp3) is 0.533. The number of benzene rings is 1. The maximum absolute atomic E-state index is 12.1. The lowest BCUT2D eigenvalue weighted by atomic mass is 9.95. The zero-order chi connectivity index (χ0) is 14.9. The number of carbonyl (C=O) groups excluding carboxylic acids is 1. The summed E-state index contributed by atoms with van der Waals surface area (Å²) >= 11 is 0. The standard InChI is InChI=1S/C15H22N2O3/c1-10(18)13-11(6-5-7-12(13)20-4)17-9-8-16-14(19)15(17,2)3/h5-7,10,18H,8-9H2,1-4H3,(H,16,19)/t10-/m0/s1. The molecule has 1 aromatic rings. The number of hydrogen-bond donors (Lipinski definition) is 2. The van der Waals surface area contributed by atoms with Crippen molar-refractivity contribution in [1.82, 2.24) is 5.32 Å². The van der Waals surface area contributed by atoms with Gasteiger partial charge in [-0.25, -0.2) is 0 Å². The Morgan fingerprint density at radius 2 is 2.15 bits per heavy atom. The third kappa shape index (κ3) is 2.33. The smallest absolute Gasteiger partial charge is 0.245 e. The Hall–Kier alpha value is -1.75. The van der Waals surface area contributed by atoms with Gasteiger partial charge in [0, 0.05) is 24.3 Å². The van der Waals surface area contributed by atoms with Gasteiger partial charge in [-0.1, -0.05) is 6.07 Å². The van der Waals surface area contributed by atoms with Gasteiger partial charge in [0.2, 0.25) is 5.91 Å². The lowest BCUT2D eigenvalue weighted by molar-refractivity contribution is -0.126. The molecule has 0 aliphatic carbocycles. The Morgan fingerprint density at radius 3 is 2.75 bits per heavy atom. The van der Waals surface area contributed by atoms with Crippen LogP contribution in [0.15, 0.2) is 18.2 Å². The molecule has 0 bridgehead atoms. The average Bonchev–Trinajstić information content (AvgIpc) is 2.40. The molecule has 1 saturated heterocycles. The fourth-order valence-electron chi connectivity index (χ4n) is 2.69. The number of methoxy groups -OCH3 is 1. The normalized spacial score (nSPS) is 19.4. The summed E-state index contributed by atoms with van der Waals surface area (Å²) in [4.78, 5) is 14.1. The van der Waals surface area contributed by atoms with Crippen LogP contribution >= 0.6 is 0 Å². The second kappa shape index (κ2) is 5.32. The largest absolute Gasteiger partial charge is 0.496 e. The number of piperazine rings is 1. The number of nitrogens with zero attached hydrogens (tertiary/aromatic N) is 1. The minimum absolute atomic E-state index is 0.0110. The fourth-order valence-corrected chi connectivity index (χ4v) is 2.69. The van der Waals surface area contributed by atoms with Crippen LogP contribution in [0.1, 0.15) is 32.4 Å². The van der Waals surface area contributed by atoms with E-state index in [9.17, 15) is 9.90 Å². The van der Waals surface area contributed by atoms with E-state index in [0.29, 0.717) is 18.8 Å². The van der Waals surface area contributed by atoms with Crippen molar-refractivity contribution in [2.24, 2.45) is 0 Å². The number of ether oxygens (including phenoxy) is 1. The number of aliphatic hydroxyl groups is 1. The van der Waals surface area contributed by atoms with Crippen molar-refractivity contribution in [3.05, 3.63) is 23.8 Å². The first kappa shape index (κ1) is 14.7. The highest BCUT2D eigenvalue weighted by Gasteiger charge is 2.39. The van der Waals surface area contributed by atoms with Gasteiger partial charge in [0.25, 0.3) is 0 Å². The number of nitrogens with one attached hydrogen (secondary N) is 1. The Bertz CT molecular complexity index is 512. The topological polar surface area (TPSA) is 61.8 Å². The molecule has 0 unspecified atom stereocenters. The third-order valence-corrected chi connectivity index (χ3v) is 3.82. The number of rotatable bonds is 3. The molecule has 1 aromatic carbocycles. The first-order valence-electron chi connectivity index (χ1n) is 6.80. The zero-order valence-electron chi connectivity index (χ0n) is 12.4. The quantitative estimate of drug-likeness (QED) is 0.879.